The molecule has 0 bridgehead atoms. The van der Waals surface area contributed by atoms with Gasteiger partial charge in [-0.25, -0.2) is 9.38 Å². The van der Waals surface area contributed by atoms with E-state index < -0.39 is 5.82 Å². The summed E-state index contributed by atoms with van der Waals surface area (Å²) in [7, 11) is 1.61. The summed E-state index contributed by atoms with van der Waals surface area (Å²) >= 11 is 5.68. The lowest BCUT2D eigenvalue weighted by molar-refractivity contribution is 0.415. The van der Waals surface area contributed by atoms with Gasteiger partial charge in [0.25, 0.3) is 0 Å². The fourth-order valence-corrected chi connectivity index (χ4v) is 1.81. The fraction of sp³-hybridized carbons (Fsp3) is 0.0625. The SMILES string of the molecule is COc1ccc(/C=C/C(N)=Nc2ccc(F)c(Cl)c2)cc1. The zero-order valence-electron chi connectivity index (χ0n) is 11.4. The number of benzene rings is 2. The molecule has 21 heavy (non-hydrogen) atoms. The lowest BCUT2D eigenvalue weighted by Crippen LogP contribution is -2.06. The van der Waals surface area contributed by atoms with Crippen LogP contribution in [0.25, 0.3) is 6.08 Å². The Bertz CT molecular complexity index is 681. The van der Waals surface area contributed by atoms with Crippen molar-refractivity contribution < 1.29 is 9.13 Å². The van der Waals surface area contributed by atoms with Gasteiger partial charge in [-0.15, -0.1) is 0 Å². The molecule has 0 radical (unpaired) electrons. The molecular formula is C16H14ClFN2O. The molecule has 2 N–H and O–H groups in total. The van der Waals surface area contributed by atoms with Crippen molar-refractivity contribution >= 4 is 29.2 Å². The third kappa shape index (κ3) is 4.33. The van der Waals surface area contributed by atoms with Crippen LogP contribution in [0.4, 0.5) is 10.1 Å². The average Bonchev–Trinajstić information content (AvgIpc) is 2.49. The Morgan fingerprint density at radius 1 is 1.24 bits per heavy atom. The Hall–Kier alpha value is -2.33. The molecule has 2 aromatic carbocycles. The second-order valence-electron chi connectivity index (χ2n) is 4.24. The summed E-state index contributed by atoms with van der Waals surface area (Å²) in [4.78, 5) is 4.14. The molecule has 0 amide bonds. The Morgan fingerprint density at radius 3 is 2.57 bits per heavy atom. The van der Waals surface area contributed by atoms with Crippen molar-refractivity contribution in [1.82, 2.24) is 0 Å². The van der Waals surface area contributed by atoms with Gasteiger partial charge in [0.05, 0.1) is 17.8 Å². The molecule has 0 fully saturated rings. The van der Waals surface area contributed by atoms with Crippen molar-refractivity contribution in [1.29, 1.82) is 0 Å². The third-order valence-corrected chi connectivity index (χ3v) is 3.01. The van der Waals surface area contributed by atoms with Crippen molar-refractivity contribution in [2.45, 2.75) is 0 Å². The summed E-state index contributed by atoms with van der Waals surface area (Å²) in [5.41, 5.74) is 7.26. The number of nitrogens with zero attached hydrogens (tertiary/aromatic N) is 1. The summed E-state index contributed by atoms with van der Waals surface area (Å²) in [6.07, 6.45) is 3.49. The van der Waals surface area contributed by atoms with Gasteiger partial charge in [0.15, 0.2) is 0 Å². The van der Waals surface area contributed by atoms with Gasteiger partial charge in [0.2, 0.25) is 0 Å². The van der Waals surface area contributed by atoms with Gasteiger partial charge in [-0.1, -0.05) is 29.8 Å². The maximum absolute atomic E-state index is 13.0. The molecule has 0 aromatic heterocycles. The lowest BCUT2D eigenvalue weighted by Gasteiger charge is -2.00. The van der Waals surface area contributed by atoms with Crippen LogP contribution < -0.4 is 10.5 Å². The number of aliphatic imine (C=N–C) groups is 1. The maximum Gasteiger partial charge on any atom is 0.141 e. The van der Waals surface area contributed by atoms with Crippen molar-refractivity contribution in [2.24, 2.45) is 10.7 Å². The van der Waals surface area contributed by atoms with Crippen molar-refractivity contribution in [2.75, 3.05) is 7.11 Å². The van der Waals surface area contributed by atoms with Crippen LogP contribution in [0.3, 0.4) is 0 Å². The highest BCUT2D eigenvalue weighted by atomic mass is 35.5. The van der Waals surface area contributed by atoms with Crippen molar-refractivity contribution in [3.8, 4) is 5.75 Å². The summed E-state index contributed by atoms with van der Waals surface area (Å²) in [5.74, 6) is 0.603. The van der Waals surface area contributed by atoms with E-state index in [9.17, 15) is 4.39 Å². The first-order chi connectivity index (χ1) is 10.1. The number of ether oxygens (including phenoxy) is 1. The van der Waals surface area contributed by atoms with Crippen molar-refractivity contribution in [3.63, 3.8) is 0 Å². The molecular weight excluding hydrogens is 291 g/mol. The summed E-state index contributed by atoms with van der Waals surface area (Å²) < 4.78 is 18.1. The predicted molar refractivity (Wildman–Crippen MR) is 84.7 cm³/mol. The molecule has 0 saturated carbocycles. The maximum atomic E-state index is 13.0. The monoisotopic (exact) mass is 304 g/mol. The molecule has 0 heterocycles. The normalized spacial score (nSPS) is 11.9. The number of nitrogens with two attached hydrogens (primary N) is 1. The van der Waals surface area contributed by atoms with E-state index in [4.69, 9.17) is 22.1 Å². The van der Waals surface area contributed by atoms with Gasteiger partial charge >= 0.3 is 0 Å². The molecule has 2 rings (SSSR count). The Kier molecular flexibility index (Phi) is 4.95. The van der Waals surface area contributed by atoms with Gasteiger partial charge < -0.3 is 10.5 Å². The van der Waals surface area contributed by atoms with E-state index in [1.54, 1.807) is 13.2 Å². The van der Waals surface area contributed by atoms with Crippen LogP contribution in [0, 0.1) is 5.82 Å². The van der Waals surface area contributed by atoms with Gasteiger partial charge in [0.1, 0.15) is 17.4 Å². The number of hydrogen-bond donors (Lipinski definition) is 1. The molecule has 0 spiro atoms. The molecule has 108 valence electrons. The standard InChI is InChI=1S/C16H14ClFN2O/c1-21-13-6-2-11(3-7-13)4-9-16(19)20-12-5-8-15(18)14(17)10-12/h2-10H,1H3,(H2,19,20)/b9-4+. The highest BCUT2D eigenvalue weighted by molar-refractivity contribution is 6.31. The molecule has 0 aliphatic heterocycles. The highest BCUT2D eigenvalue weighted by Crippen LogP contribution is 2.21. The van der Waals surface area contributed by atoms with Crippen LogP contribution in [0.5, 0.6) is 5.75 Å². The minimum Gasteiger partial charge on any atom is -0.497 e. The first-order valence-electron chi connectivity index (χ1n) is 6.20. The second-order valence-corrected chi connectivity index (χ2v) is 4.65. The largest absolute Gasteiger partial charge is 0.497 e. The van der Waals surface area contributed by atoms with E-state index in [-0.39, 0.29) is 5.02 Å². The van der Waals surface area contributed by atoms with Crippen LogP contribution in [0.15, 0.2) is 53.5 Å². The van der Waals surface area contributed by atoms with Crippen LogP contribution in [0.2, 0.25) is 5.02 Å². The number of rotatable bonds is 4. The molecule has 2 aromatic rings. The van der Waals surface area contributed by atoms with Gasteiger partial charge in [-0.05, 0) is 42.0 Å². The Morgan fingerprint density at radius 2 is 1.95 bits per heavy atom. The molecule has 0 aliphatic carbocycles. The molecule has 0 atom stereocenters. The number of amidine groups is 1. The number of methoxy groups -OCH3 is 1. The predicted octanol–water partition coefficient (Wildman–Crippen LogP) is 4.19. The first-order valence-corrected chi connectivity index (χ1v) is 6.57. The minimum atomic E-state index is -0.483. The number of hydrogen-bond acceptors (Lipinski definition) is 2. The molecule has 3 nitrogen and oxygen atoms in total. The van der Waals surface area contributed by atoms with Crippen LogP contribution in [-0.2, 0) is 0 Å². The average molecular weight is 305 g/mol. The summed E-state index contributed by atoms with van der Waals surface area (Å²) in [6, 6.07) is 11.7. The van der Waals surface area contributed by atoms with Gasteiger partial charge in [0, 0.05) is 0 Å². The Labute approximate surface area is 127 Å². The summed E-state index contributed by atoms with van der Waals surface area (Å²) in [5, 5.41) is 0.0168. The second kappa shape index (κ2) is 6.90. The van der Waals surface area contributed by atoms with E-state index in [1.165, 1.54) is 18.2 Å². The molecule has 5 heteroatoms. The number of halogens is 2. The van der Waals surface area contributed by atoms with Crippen LogP contribution >= 0.6 is 11.6 Å². The zero-order chi connectivity index (χ0) is 15.2. The zero-order valence-corrected chi connectivity index (χ0v) is 12.1. The minimum absolute atomic E-state index is 0.0168. The highest BCUT2D eigenvalue weighted by Gasteiger charge is 1.99. The van der Waals surface area contributed by atoms with Crippen molar-refractivity contribution in [3.05, 3.63) is 64.9 Å². The smallest absolute Gasteiger partial charge is 0.141 e. The third-order valence-electron chi connectivity index (χ3n) is 2.72. The molecule has 0 unspecified atom stereocenters. The van der Waals surface area contributed by atoms with Crippen LogP contribution in [-0.4, -0.2) is 12.9 Å². The van der Waals surface area contributed by atoms with E-state index >= 15 is 0 Å². The summed E-state index contributed by atoms with van der Waals surface area (Å²) in [6.45, 7) is 0. The topological polar surface area (TPSA) is 47.6 Å². The van der Waals surface area contributed by atoms with E-state index in [0.717, 1.165) is 11.3 Å². The van der Waals surface area contributed by atoms with E-state index in [2.05, 4.69) is 4.99 Å². The van der Waals surface area contributed by atoms with Gasteiger partial charge in [-0.3, -0.25) is 0 Å². The molecule has 0 aliphatic rings. The van der Waals surface area contributed by atoms with E-state index in [0.29, 0.717) is 11.5 Å². The van der Waals surface area contributed by atoms with Gasteiger partial charge in [-0.2, -0.15) is 0 Å². The Balaban J connectivity index is 2.11. The first kappa shape index (κ1) is 15.1. The lowest BCUT2D eigenvalue weighted by atomic mass is 10.2. The van der Waals surface area contributed by atoms with E-state index in [1.807, 2.05) is 30.3 Å². The van der Waals surface area contributed by atoms with Crippen LogP contribution in [0.1, 0.15) is 5.56 Å². The fourth-order valence-electron chi connectivity index (χ4n) is 1.64. The molecule has 0 saturated heterocycles. The quantitative estimate of drug-likeness (QED) is 0.680.